The van der Waals surface area contributed by atoms with Gasteiger partial charge in [-0.3, -0.25) is 4.79 Å². The molecule has 1 N–H and O–H groups in total. The number of Topliss-reactive ketones (excluding diaryl/α,β-unsaturated/α-hetero) is 1. The van der Waals surface area contributed by atoms with E-state index in [9.17, 15) is 4.79 Å². The Morgan fingerprint density at radius 3 is 2.56 bits per heavy atom. The van der Waals surface area contributed by atoms with E-state index in [0.717, 1.165) is 32.4 Å². The van der Waals surface area contributed by atoms with Crippen molar-refractivity contribution in [2.45, 2.75) is 64.6 Å². The van der Waals surface area contributed by atoms with Crippen molar-refractivity contribution in [3.8, 4) is 0 Å². The van der Waals surface area contributed by atoms with Gasteiger partial charge in [0.2, 0.25) is 0 Å². The number of carbonyl (C=O) groups excluding carboxylic acids is 1. The first kappa shape index (κ1) is 14.0. The molecule has 2 aliphatic rings. The van der Waals surface area contributed by atoms with Gasteiger partial charge < -0.3 is 10.1 Å². The Morgan fingerprint density at radius 2 is 2.06 bits per heavy atom. The van der Waals surface area contributed by atoms with E-state index in [1.807, 2.05) is 0 Å². The van der Waals surface area contributed by atoms with Gasteiger partial charge in [-0.2, -0.15) is 0 Å². The van der Waals surface area contributed by atoms with Crippen LogP contribution in [0.1, 0.15) is 53.4 Å². The lowest BCUT2D eigenvalue weighted by molar-refractivity contribution is -0.129. The minimum absolute atomic E-state index is 0.0712. The average Bonchev–Trinajstić information content (AvgIpc) is 2.80. The topological polar surface area (TPSA) is 38.3 Å². The normalized spacial score (nSPS) is 33.8. The van der Waals surface area contributed by atoms with Gasteiger partial charge in [0.25, 0.3) is 0 Å². The lowest BCUT2D eigenvalue weighted by atomic mass is 9.82. The Balaban J connectivity index is 1.88. The lowest BCUT2D eigenvalue weighted by Gasteiger charge is -2.26. The lowest BCUT2D eigenvalue weighted by Crippen LogP contribution is -2.34. The number of carbonyl (C=O) groups is 1. The van der Waals surface area contributed by atoms with E-state index >= 15 is 0 Å². The first-order valence-corrected chi connectivity index (χ1v) is 7.24. The highest BCUT2D eigenvalue weighted by Gasteiger charge is 2.48. The van der Waals surface area contributed by atoms with Crippen molar-refractivity contribution in [1.82, 2.24) is 5.32 Å². The summed E-state index contributed by atoms with van der Waals surface area (Å²) in [6.07, 6.45) is 3.85. The molecule has 3 nitrogen and oxygen atoms in total. The molecule has 0 bridgehead atoms. The highest BCUT2D eigenvalue weighted by molar-refractivity contribution is 5.82. The number of ketones is 1. The number of ether oxygens (including phenoxy) is 1. The zero-order valence-electron chi connectivity index (χ0n) is 12.2. The second-order valence-corrected chi connectivity index (χ2v) is 7.09. The molecule has 2 fully saturated rings. The fourth-order valence-corrected chi connectivity index (χ4v) is 3.55. The molecule has 0 aromatic heterocycles. The quantitative estimate of drug-likeness (QED) is 0.836. The molecule has 0 aromatic carbocycles. The molecule has 2 saturated heterocycles. The van der Waals surface area contributed by atoms with E-state index in [-0.39, 0.29) is 17.1 Å². The van der Waals surface area contributed by atoms with Crippen LogP contribution in [0.25, 0.3) is 0 Å². The fraction of sp³-hybridized carbons (Fsp3) is 0.933. The van der Waals surface area contributed by atoms with Crippen LogP contribution in [0.2, 0.25) is 0 Å². The van der Waals surface area contributed by atoms with Gasteiger partial charge in [-0.05, 0) is 66.0 Å². The van der Waals surface area contributed by atoms with Crippen molar-refractivity contribution in [2.24, 2.45) is 11.8 Å². The smallest absolute Gasteiger partial charge is 0.138 e. The van der Waals surface area contributed by atoms with Gasteiger partial charge in [-0.25, -0.2) is 0 Å². The van der Waals surface area contributed by atoms with Gasteiger partial charge >= 0.3 is 0 Å². The van der Waals surface area contributed by atoms with Crippen LogP contribution in [0.5, 0.6) is 0 Å². The summed E-state index contributed by atoms with van der Waals surface area (Å²) < 4.78 is 6.01. The van der Waals surface area contributed by atoms with E-state index in [0.29, 0.717) is 11.7 Å². The molecule has 3 heteroatoms. The second kappa shape index (κ2) is 4.93. The minimum atomic E-state index is -0.297. The Bertz CT molecular complexity index is 316. The highest BCUT2D eigenvalue weighted by atomic mass is 16.5. The van der Waals surface area contributed by atoms with Gasteiger partial charge in [0.05, 0.1) is 11.2 Å². The molecule has 104 valence electrons. The Hall–Kier alpha value is -0.410. The molecule has 0 aliphatic carbocycles. The zero-order chi connectivity index (χ0) is 13.4. The zero-order valence-corrected chi connectivity index (χ0v) is 12.2. The first-order chi connectivity index (χ1) is 8.30. The van der Waals surface area contributed by atoms with Crippen molar-refractivity contribution >= 4 is 5.78 Å². The summed E-state index contributed by atoms with van der Waals surface area (Å²) in [6.45, 7) is 10.5. The van der Waals surface area contributed by atoms with Crippen LogP contribution in [0, 0.1) is 11.8 Å². The molecule has 2 heterocycles. The molecule has 0 saturated carbocycles. The van der Waals surface area contributed by atoms with Gasteiger partial charge in [-0.1, -0.05) is 0 Å². The summed E-state index contributed by atoms with van der Waals surface area (Å²) in [5.41, 5.74) is -0.451. The molecular formula is C15H27NO2. The number of rotatable bonds is 4. The summed E-state index contributed by atoms with van der Waals surface area (Å²) in [5, 5.41) is 3.36. The molecule has 0 spiro atoms. The monoisotopic (exact) mass is 253 g/mol. The number of hydrogen-bond donors (Lipinski definition) is 1. The van der Waals surface area contributed by atoms with E-state index in [1.54, 1.807) is 0 Å². The van der Waals surface area contributed by atoms with Gasteiger partial charge in [0.15, 0.2) is 0 Å². The van der Waals surface area contributed by atoms with Crippen LogP contribution in [0.4, 0.5) is 0 Å². The Morgan fingerprint density at radius 1 is 1.33 bits per heavy atom. The van der Waals surface area contributed by atoms with Crippen molar-refractivity contribution in [1.29, 1.82) is 0 Å². The van der Waals surface area contributed by atoms with E-state index in [4.69, 9.17) is 4.74 Å². The maximum absolute atomic E-state index is 12.4. The molecule has 2 atom stereocenters. The van der Waals surface area contributed by atoms with Crippen molar-refractivity contribution < 1.29 is 9.53 Å². The largest absolute Gasteiger partial charge is 0.369 e. The summed E-state index contributed by atoms with van der Waals surface area (Å²) in [4.78, 5) is 12.4. The summed E-state index contributed by atoms with van der Waals surface area (Å²) in [7, 11) is 0. The molecule has 18 heavy (non-hydrogen) atoms. The molecule has 2 rings (SSSR count). The van der Waals surface area contributed by atoms with Crippen LogP contribution in [0.3, 0.4) is 0 Å². The summed E-state index contributed by atoms with van der Waals surface area (Å²) in [6, 6.07) is 0. The number of hydrogen-bond acceptors (Lipinski definition) is 3. The first-order valence-electron chi connectivity index (χ1n) is 7.24. The third-order valence-electron chi connectivity index (χ3n) is 4.42. The summed E-state index contributed by atoms with van der Waals surface area (Å²) >= 11 is 0. The molecule has 2 unspecified atom stereocenters. The third kappa shape index (κ3) is 3.12. The standard InChI is InChI=1S/C15H27NO2/c1-14(2)9-12(15(3,4)18-14)13(17)6-5-11-7-8-16-10-11/h11-12,16H,5-10H2,1-4H3. The second-order valence-electron chi connectivity index (χ2n) is 7.09. The minimum Gasteiger partial charge on any atom is -0.369 e. The van der Waals surface area contributed by atoms with Crippen LogP contribution >= 0.6 is 0 Å². The van der Waals surface area contributed by atoms with Crippen LogP contribution in [0.15, 0.2) is 0 Å². The van der Waals surface area contributed by atoms with E-state index in [2.05, 4.69) is 33.0 Å². The van der Waals surface area contributed by atoms with Crippen LogP contribution in [-0.4, -0.2) is 30.1 Å². The fourth-order valence-electron chi connectivity index (χ4n) is 3.55. The van der Waals surface area contributed by atoms with E-state index in [1.165, 1.54) is 6.42 Å². The predicted octanol–water partition coefficient (Wildman–Crippen LogP) is 2.54. The maximum Gasteiger partial charge on any atom is 0.138 e. The average molecular weight is 253 g/mol. The Labute approximate surface area is 111 Å². The molecular weight excluding hydrogens is 226 g/mol. The summed E-state index contributed by atoms with van der Waals surface area (Å²) in [5.74, 6) is 1.17. The molecule has 2 aliphatic heterocycles. The van der Waals surface area contributed by atoms with E-state index < -0.39 is 0 Å². The highest BCUT2D eigenvalue weighted by Crippen LogP contribution is 2.43. The number of nitrogens with one attached hydrogen (secondary N) is 1. The predicted molar refractivity (Wildman–Crippen MR) is 72.6 cm³/mol. The van der Waals surface area contributed by atoms with Crippen LogP contribution < -0.4 is 5.32 Å². The third-order valence-corrected chi connectivity index (χ3v) is 4.42. The van der Waals surface area contributed by atoms with Crippen molar-refractivity contribution in [3.05, 3.63) is 0 Å². The van der Waals surface area contributed by atoms with Crippen molar-refractivity contribution in [3.63, 3.8) is 0 Å². The SMILES string of the molecule is CC1(C)CC(C(=O)CCC2CCNC2)C(C)(C)O1. The van der Waals surface area contributed by atoms with Crippen LogP contribution in [-0.2, 0) is 9.53 Å². The molecule has 0 radical (unpaired) electrons. The van der Waals surface area contributed by atoms with Gasteiger partial charge in [0, 0.05) is 12.3 Å². The van der Waals surface area contributed by atoms with Gasteiger partial charge in [0.1, 0.15) is 5.78 Å². The molecule has 0 aromatic rings. The van der Waals surface area contributed by atoms with Gasteiger partial charge in [-0.15, -0.1) is 0 Å². The van der Waals surface area contributed by atoms with Crippen molar-refractivity contribution in [2.75, 3.05) is 13.1 Å². The molecule has 0 amide bonds. The maximum atomic E-state index is 12.4. The Kier molecular flexibility index (Phi) is 3.84.